The van der Waals surface area contributed by atoms with E-state index in [-0.39, 0.29) is 11.7 Å². The SMILES string of the molecule is CCOc1ccc(C(CC(O)c2ccc(Br)cc2)Nc2ccc([N+](=O)[O-])cc2)cc1. The highest BCUT2D eigenvalue weighted by Crippen LogP contribution is 2.31. The number of non-ortho nitro benzene ring substituents is 1. The molecule has 0 heterocycles. The summed E-state index contributed by atoms with van der Waals surface area (Å²) >= 11 is 3.41. The van der Waals surface area contributed by atoms with Gasteiger partial charge in [0.2, 0.25) is 0 Å². The van der Waals surface area contributed by atoms with Crippen molar-refractivity contribution in [3.05, 3.63) is 98.5 Å². The molecule has 6 nitrogen and oxygen atoms in total. The van der Waals surface area contributed by atoms with Crippen LogP contribution in [0.15, 0.2) is 77.3 Å². The number of ether oxygens (including phenoxy) is 1. The Bertz CT molecular complexity index is 960. The van der Waals surface area contributed by atoms with Gasteiger partial charge in [-0.15, -0.1) is 0 Å². The van der Waals surface area contributed by atoms with Crippen LogP contribution in [-0.2, 0) is 0 Å². The van der Waals surface area contributed by atoms with Gasteiger partial charge in [0.15, 0.2) is 0 Å². The molecule has 7 heteroatoms. The molecule has 0 bridgehead atoms. The Morgan fingerprint density at radius 3 is 2.17 bits per heavy atom. The van der Waals surface area contributed by atoms with Crippen LogP contribution in [0.25, 0.3) is 0 Å². The molecule has 30 heavy (non-hydrogen) atoms. The van der Waals surface area contributed by atoms with E-state index in [1.165, 1.54) is 12.1 Å². The zero-order valence-electron chi connectivity index (χ0n) is 16.5. The number of nitrogens with zero attached hydrogens (tertiary/aromatic N) is 1. The number of aliphatic hydroxyl groups excluding tert-OH is 1. The van der Waals surface area contributed by atoms with E-state index in [0.717, 1.165) is 27.0 Å². The van der Waals surface area contributed by atoms with E-state index in [4.69, 9.17) is 4.74 Å². The summed E-state index contributed by atoms with van der Waals surface area (Å²) in [5.74, 6) is 0.781. The third-order valence-corrected chi connectivity index (χ3v) is 5.25. The van der Waals surface area contributed by atoms with E-state index in [2.05, 4.69) is 21.2 Å². The van der Waals surface area contributed by atoms with Crippen LogP contribution in [0.2, 0.25) is 0 Å². The fourth-order valence-electron chi connectivity index (χ4n) is 3.17. The fourth-order valence-corrected chi connectivity index (χ4v) is 3.43. The Morgan fingerprint density at radius 1 is 1.00 bits per heavy atom. The average Bonchev–Trinajstić information content (AvgIpc) is 2.75. The molecule has 0 radical (unpaired) electrons. The lowest BCUT2D eigenvalue weighted by molar-refractivity contribution is -0.384. The number of halogens is 1. The van der Waals surface area contributed by atoms with Gasteiger partial charge in [0, 0.05) is 28.7 Å². The van der Waals surface area contributed by atoms with Gasteiger partial charge in [0.25, 0.3) is 5.69 Å². The highest BCUT2D eigenvalue weighted by Gasteiger charge is 2.19. The number of benzene rings is 3. The van der Waals surface area contributed by atoms with Crippen LogP contribution >= 0.6 is 15.9 Å². The van der Waals surface area contributed by atoms with E-state index in [1.807, 2.05) is 55.5 Å². The van der Waals surface area contributed by atoms with Crippen molar-refractivity contribution in [2.75, 3.05) is 11.9 Å². The topological polar surface area (TPSA) is 84.6 Å². The first-order valence-electron chi connectivity index (χ1n) is 9.63. The number of hydrogen-bond acceptors (Lipinski definition) is 5. The molecule has 0 spiro atoms. The number of nitrogens with one attached hydrogen (secondary N) is 1. The molecule has 3 rings (SSSR count). The van der Waals surface area contributed by atoms with Crippen LogP contribution in [0.3, 0.4) is 0 Å². The third-order valence-electron chi connectivity index (χ3n) is 4.73. The molecule has 0 aromatic heterocycles. The van der Waals surface area contributed by atoms with Gasteiger partial charge < -0.3 is 15.2 Å². The largest absolute Gasteiger partial charge is 0.494 e. The van der Waals surface area contributed by atoms with Crippen LogP contribution < -0.4 is 10.1 Å². The van der Waals surface area contributed by atoms with E-state index >= 15 is 0 Å². The van der Waals surface area contributed by atoms with Crippen LogP contribution in [0, 0.1) is 10.1 Å². The second-order valence-corrected chi connectivity index (χ2v) is 7.72. The molecule has 0 aliphatic heterocycles. The van der Waals surface area contributed by atoms with Crippen LogP contribution in [0.5, 0.6) is 5.75 Å². The smallest absolute Gasteiger partial charge is 0.269 e. The normalized spacial score (nSPS) is 12.8. The van der Waals surface area contributed by atoms with Crippen LogP contribution in [0.1, 0.15) is 36.6 Å². The summed E-state index contributed by atoms with van der Waals surface area (Å²) in [5.41, 5.74) is 2.57. The molecule has 0 saturated heterocycles. The summed E-state index contributed by atoms with van der Waals surface area (Å²) < 4.78 is 6.47. The van der Waals surface area contributed by atoms with Crippen molar-refractivity contribution in [2.24, 2.45) is 0 Å². The standard InChI is InChI=1S/C23H23BrN2O4/c1-2-30-21-13-5-16(6-14-21)22(15-23(27)17-3-7-18(24)8-4-17)25-19-9-11-20(12-10-19)26(28)29/h3-14,22-23,25,27H,2,15H2,1H3. The summed E-state index contributed by atoms with van der Waals surface area (Å²) in [6.07, 6.45) is -0.257. The van der Waals surface area contributed by atoms with Crippen molar-refractivity contribution < 1.29 is 14.8 Å². The summed E-state index contributed by atoms with van der Waals surface area (Å²) in [6, 6.07) is 21.3. The van der Waals surface area contributed by atoms with E-state index in [1.54, 1.807) is 12.1 Å². The lowest BCUT2D eigenvalue weighted by Crippen LogP contribution is -2.15. The summed E-state index contributed by atoms with van der Waals surface area (Å²) in [7, 11) is 0. The predicted octanol–water partition coefficient (Wildman–Crippen LogP) is 6.03. The van der Waals surface area contributed by atoms with Gasteiger partial charge in [0.05, 0.1) is 23.7 Å². The zero-order chi connectivity index (χ0) is 21.5. The van der Waals surface area contributed by atoms with Gasteiger partial charge in [-0.25, -0.2) is 0 Å². The lowest BCUT2D eigenvalue weighted by atomic mass is 9.96. The Hall–Kier alpha value is -2.90. The van der Waals surface area contributed by atoms with Crippen molar-refractivity contribution in [1.82, 2.24) is 0 Å². The molecule has 0 amide bonds. The number of aliphatic hydroxyl groups is 1. The minimum absolute atomic E-state index is 0.0352. The molecule has 156 valence electrons. The lowest BCUT2D eigenvalue weighted by Gasteiger charge is -2.24. The molecule has 2 atom stereocenters. The number of rotatable bonds is 9. The van der Waals surface area contributed by atoms with Gasteiger partial charge in [-0.05, 0) is 54.4 Å². The molecule has 0 aliphatic carbocycles. The first kappa shape index (κ1) is 21.8. The average molecular weight is 471 g/mol. The molecule has 0 saturated carbocycles. The summed E-state index contributed by atoms with van der Waals surface area (Å²) in [5, 5.41) is 25.1. The van der Waals surface area contributed by atoms with E-state index < -0.39 is 11.0 Å². The Morgan fingerprint density at radius 2 is 1.60 bits per heavy atom. The number of hydrogen-bond donors (Lipinski definition) is 2. The molecule has 0 fully saturated rings. The molecule has 3 aromatic carbocycles. The van der Waals surface area contributed by atoms with Crippen molar-refractivity contribution in [1.29, 1.82) is 0 Å². The molecule has 3 aromatic rings. The Balaban J connectivity index is 1.83. The Kier molecular flexibility index (Phi) is 7.43. The number of nitro benzene ring substituents is 1. The maximum absolute atomic E-state index is 10.9. The van der Waals surface area contributed by atoms with Crippen LogP contribution in [-0.4, -0.2) is 16.6 Å². The van der Waals surface area contributed by atoms with Crippen LogP contribution in [0.4, 0.5) is 11.4 Å². The molecular formula is C23H23BrN2O4. The second kappa shape index (κ2) is 10.2. The molecule has 2 unspecified atom stereocenters. The third kappa shape index (κ3) is 5.81. The van der Waals surface area contributed by atoms with E-state index in [9.17, 15) is 15.2 Å². The highest BCUT2D eigenvalue weighted by molar-refractivity contribution is 9.10. The molecular weight excluding hydrogens is 448 g/mol. The monoisotopic (exact) mass is 470 g/mol. The quantitative estimate of drug-likeness (QED) is 0.294. The van der Waals surface area contributed by atoms with E-state index in [0.29, 0.717) is 13.0 Å². The molecule has 2 N–H and O–H groups in total. The maximum atomic E-state index is 10.9. The van der Waals surface area contributed by atoms with Crippen molar-refractivity contribution in [2.45, 2.75) is 25.5 Å². The van der Waals surface area contributed by atoms with Gasteiger partial charge in [-0.2, -0.15) is 0 Å². The van der Waals surface area contributed by atoms with Gasteiger partial charge in [-0.3, -0.25) is 10.1 Å². The fraction of sp³-hybridized carbons (Fsp3) is 0.217. The second-order valence-electron chi connectivity index (χ2n) is 6.81. The van der Waals surface area contributed by atoms with Crippen molar-refractivity contribution in [3.8, 4) is 5.75 Å². The number of nitro groups is 1. The van der Waals surface area contributed by atoms with Gasteiger partial charge in [0.1, 0.15) is 5.75 Å². The maximum Gasteiger partial charge on any atom is 0.269 e. The summed E-state index contributed by atoms with van der Waals surface area (Å²) in [6.45, 7) is 2.52. The first-order chi connectivity index (χ1) is 14.5. The minimum Gasteiger partial charge on any atom is -0.494 e. The Labute approximate surface area is 183 Å². The first-order valence-corrected chi connectivity index (χ1v) is 10.4. The summed E-state index contributed by atoms with van der Waals surface area (Å²) in [4.78, 5) is 10.5. The van der Waals surface area contributed by atoms with Crippen molar-refractivity contribution in [3.63, 3.8) is 0 Å². The van der Waals surface area contributed by atoms with Crippen molar-refractivity contribution >= 4 is 27.3 Å². The zero-order valence-corrected chi connectivity index (χ0v) is 18.1. The highest BCUT2D eigenvalue weighted by atomic mass is 79.9. The number of anilines is 1. The minimum atomic E-state index is -0.680. The predicted molar refractivity (Wildman–Crippen MR) is 121 cm³/mol. The molecule has 0 aliphatic rings. The van der Waals surface area contributed by atoms with Gasteiger partial charge >= 0.3 is 0 Å². The van der Waals surface area contributed by atoms with Gasteiger partial charge in [-0.1, -0.05) is 40.2 Å².